The van der Waals surface area contributed by atoms with E-state index in [0.29, 0.717) is 18.0 Å². The minimum absolute atomic E-state index is 0.00770. The van der Waals surface area contributed by atoms with Crippen LogP contribution in [0.15, 0.2) is 54.6 Å². The van der Waals surface area contributed by atoms with Crippen LogP contribution in [0.1, 0.15) is 18.4 Å². The Balaban J connectivity index is 1.82. The number of hydrogen-bond acceptors (Lipinski definition) is 5. The van der Waals surface area contributed by atoms with Crippen molar-refractivity contribution in [3.05, 3.63) is 60.2 Å². The Morgan fingerprint density at radius 2 is 1.81 bits per heavy atom. The Kier molecular flexibility index (Phi) is 7.57. The third-order valence-corrected chi connectivity index (χ3v) is 3.58. The molecule has 7 heteroatoms. The Morgan fingerprint density at radius 1 is 1.04 bits per heavy atom. The number of ether oxygens (including phenoxy) is 2. The molecule has 1 amide bonds. The molecule has 0 radical (unpaired) electrons. The van der Waals surface area contributed by atoms with E-state index in [-0.39, 0.29) is 23.9 Å². The second-order valence-electron chi connectivity index (χ2n) is 5.38. The first-order valence-corrected chi connectivity index (χ1v) is 8.42. The lowest BCUT2D eigenvalue weighted by Crippen LogP contribution is -2.34. The summed E-state index contributed by atoms with van der Waals surface area (Å²) in [5.41, 5.74) is 1.76. The fraction of sp³-hybridized carbons (Fsp3) is 0.211. The molecule has 0 atom stereocenters. The van der Waals surface area contributed by atoms with Gasteiger partial charge in [-0.25, -0.2) is 0 Å². The van der Waals surface area contributed by atoms with Gasteiger partial charge in [0.2, 0.25) is 5.91 Å². The van der Waals surface area contributed by atoms with Crippen LogP contribution in [0.5, 0.6) is 5.75 Å². The predicted octanol–water partition coefficient (Wildman–Crippen LogP) is 3.03. The third-order valence-electron chi connectivity index (χ3n) is 3.38. The first-order valence-electron chi connectivity index (χ1n) is 8.01. The number of anilines is 1. The largest absolute Gasteiger partial charge is 0.489 e. The van der Waals surface area contributed by atoms with Crippen LogP contribution >= 0.6 is 12.2 Å². The SMILES string of the molecule is COC(=O)CCC(=O)NC(=S)Nc1cccc(OCc2ccccc2)c1. The number of esters is 1. The maximum atomic E-state index is 11.7. The molecule has 0 saturated carbocycles. The van der Waals surface area contributed by atoms with Gasteiger partial charge in [0.25, 0.3) is 0 Å². The summed E-state index contributed by atoms with van der Waals surface area (Å²) in [5.74, 6) is -0.120. The average Bonchev–Trinajstić information content (AvgIpc) is 2.65. The van der Waals surface area contributed by atoms with Crippen LogP contribution in [0.2, 0.25) is 0 Å². The van der Waals surface area contributed by atoms with Gasteiger partial charge in [0.1, 0.15) is 12.4 Å². The molecule has 0 aliphatic heterocycles. The third kappa shape index (κ3) is 6.90. The van der Waals surface area contributed by atoms with Crippen LogP contribution in [-0.4, -0.2) is 24.1 Å². The Labute approximate surface area is 157 Å². The average molecular weight is 372 g/mol. The molecule has 2 aromatic carbocycles. The highest BCUT2D eigenvalue weighted by molar-refractivity contribution is 7.80. The summed E-state index contributed by atoms with van der Waals surface area (Å²) in [7, 11) is 1.28. The lowest BCUT2D eigenvalue weighted by atomic mass is 10.2. The molecular formula is C19H20N2O4S. The zero-order valence-corrected chi connectivity index (χ0v) is 15.2. The molecule has 0 saturated heterocycles. The van der Waals surface area contributed by atoms with E-state index in [1.807, 2.05) is 48.5 Å². The summed E-state index contributed by atoms with van der Waals surface area (Å²) in [6, 6.07) is 17.1. The number of benzene rings is 2. The van der Waals surface area contributed by atoms with E-state index in [4.69, 9.17) is 17.0 Å². The zero-order valence-electron chi connectivity index (χ0n) is 14.4. The van der Waals surface area contributed by atoms with Crippen molar-refractivity contribution in [1.82, 2.24) is 5.32 Å². The molecule has 26 heavy (non-hydrogen) atoms. The normalized spacial score (nSPS) is 9.88. The standard InChI is InChI=1S/C19H20N2O4S/c1-24-18(23)11-10-17(22)21-19(26)20-15-8-5-9-16(12-15)25-13-14-6-3-2-4-7-14/h2-9,12H,10-11,13H2,1H3,(H2,20,21,22,26). The topological polar surface area (TPSA) is 76.7 Å². The summed E-state index contributed by atoms with van der Waals surface area (Å²) in [4.78, 5) is 22.7. The summed E-state index contributed by atoms with van der Waals surface area (Å²) < 4.78 is 10.2. The van der Waals surface area contributed by atoms with Crippen LogP contribution in [0.3, 0.4) is 0 Å². The number of nitrogens with one attached hydrogen (secondary N) is 2. The molecule has 6 nitrogen and oxygen atoms in total. The Morgan fingerprint density at radius 3 is 2.54 bits per heavy atom. The van der Waals surface area contributed by atoms with E-state index in [2.05, 4.69) is 15.4 Å². The van der Waals surface area contributed by atoms with Gasteiger partial charge in [-0.05, 0) is 29.9 Å². The molecule has 0 spiro atoms. The first kappa shape index (κ1) is 19.4. The van der Waals surface area contributed by atoms with Crippen molar-refractivity contribution in [2.75, 3.05) is 12.4 Å². The van der Waals surface area contributed by atoms with E-state index in [1.165, 1.54) is 7.11 Å². The zero-order chi connectivity index (χ0) is 18.8. The van der Waals surface area contributed by atoms with Crippen molar-refractivity contribution in [3.63, 3.8) is 0 Å². The van der Waals surface area contributed by atoms with E-state index < -0.39 is 5.97 Å². The summed E-state index contributed by atoms with van der Waals surface area (Å²) in [6.45, 7) is 0.457. The van der Waals surface area contributed by atoms with Crippen LogP contribution in [0.4, 0.5) is 5.69 Å². The monoisotopic (exact) mass is 372 g/mol. The number of thiocarbonyl (C=S) groups is 1. The summed E-state index contributed by atoms with van der Waals surface area (Å²) >= 11 is 5.10. The number of carbonyl (C=O) groups is 2. The van der Waals surface area contributed by atoms with Gasteiger partial charge in [0.05, 0.1) is 13.5 Å². The summed E-state index contributed by atoms with van der Waals surface area (Å²) in [6.07, 6.45) is 0.0163. The molecule has 2 rings (SSSR count). The van der Waals surface area contributed by atoms with Crippen molar-refractivity contribution >= 4 is 34.9 Å². The second-order valence-corrected chi connectivity index (χ2v) is 5.79. The molecule has 0 unspecified atom stereocenters. The van der Waals surface area contributed by atoms with Crippen LogP contribution in [0.25, 0.3) is 0 Å². The highest BCUT2D eigenvalue weighted by Crippen LogP contribution is 2.18. The van der Waals surface area contributed by atoms with E-state index >= 15 is 0 Å². The molecule has 2 aromatic rings. The molecule has 0 fully saturated rings. The van der Waals surface area contributed by atoms with E-state index in [9.17, 15) is 9.59 Å². The molecule has 0 aliphatic rings. The van der Waals surface area contributed by atoms with Gasteiger partial charge < -0.3 is 20.1 Å². The fourth-order valence-electron chi connectivity index (χ4n) is 2.07. The minimum Gasteiger partial charge on any atom is -0.489 e. The van der Waals surface area contributed by atoms with E-state index in [1.54, 1.807) is 6.07 Å². The summed E-state index contributed by atoms with van der Waals surface area (Å²) in [5, 5.41) is 5.59. The second kappa shape index (κ2) is 10.1. The van der Waals surface area contributed by atoms with Crippen LogP contribution in [0, 0.1) is 0 Å². The molecular weight excluding hydrogens is 352 g/mol. The molecule has 0 bridgehead atoms. The van der Waals surface area contributed by atoms with Crippen LogP contribution in [-0.2, 0) is 20.9 Å². The highest BCUT2D eigenvalue weighted by atomic mass is 32.1. The molecule has 2 N–H and O–H groups in total. The quantitative estimate of drug-likeness (QED) is 0.575. The molecule has 136 valence electrons. The highest BCUT2D eigenvalue weighted by Gasteiger charge is 2.09. The number of hydrogen-bond donors (Lipinski definition) is 2. The Bertz CT molecular complexity index is 765. The van der Waals surface area contributed by atoms with Crippen molar-refractivity contribution in [2.45, 2.75) is 19.4 Å². The molecule has 0 aromatic heterocycles. The van der Waals surface area contributed by atoms with E-state index in [0.717, 1.165) is 5.56 Å². The maximum absolute atomic E-state index is 11.7. The van der Waals surface area contributed by atoms with Gasteiger partial charge >= 0.3 is 5.97 Å². The number of methoxy groups -OCH3 is 1. The van der Waals surface area contributed by atoms with Gasteiger partial charge in [-0.3, -0.25) is 9.59 Å². The number of rotatable bonds is 7. The maximum Gasteiger partial charge on any atom is 0.306 e. The van der Waals surface area contributed by atoms with Gasteiger partial charge in [0.15, 0.2) is 5.11 Å². The molecule has 0 aliphatic carbocycles. The van der Waals surface area contributed by atoms with Gasteiger partial charge in [-0.15, -0.1) is 0 Å². The van der Waals surface area contributed by atoms with Gasteiger partial charge in [-0.2, -0.15) is 0 Å². The molecule has 0 heterocycles. The van der Waals surface area contributed by atoms with Crippen molar-refractivity contribution < 1.29 is 19.1 Å². The first-order chi connectivity index (χ1) is 12.6. The Hall–Kier alpha value is -2.93. The van der Waals surface area contributed by atoms with Gasteiger partial charge in [-0.1, -0.05) is 36.4 Å². The van der Waals surface area contributed by atoms with Crippen LogP contribution < -0.4 is 15.4 Å². The van der Waals surface area contributed by atoms with Gasteiger partial charge in [0, 0.05) is 18.2 Å². The fourth-order valence-corrected chi connectivity index (χ4v) is 2.31. The number of carbonyl (C=O) groups excluding carboxylic acids is 2. The van der Waals surface area contributed by atoms with Crippen molar-refractivity contribution in [3.8, 4) is 5.75 Å². The minimum atomic E-state index is -0.442. The predicted molar refractivity (Wildman–Crippen MR) is 103 cm³/mol. The smallest absolute Gasteiger partial charge is 0.306 e. The van der Waals surface area contributed by atoms with Crippen molar-refractivity contribution in [2.24, 2.45) is 0 Å². The van der Waals surface area contributed by atoms with Crippen molar-refractivity contribution in [1.29, 1.82) is 0 Å². The number of amides is 1. The lowest BCUT2D eigenvalue weighted by molar-refractivity contribution is -0.142. The lowest BCUT2D eigenvalue weighted by Gasteiger charge is -2.11.